The number of hydrogen-bond acceptors (Lipinski definition) is 2. The number of ketones is 1. The molecule has 1 aromatic carbocycles. The lowest BCUT2D eigenvalue weighted by Gasteiger charge is -2.15. The summed E-state index contributed by atoms with van der Waals surface area (Å²) in [6.07, 6.45) is 0.637. The van der Waals surface area contributed by atoms with Gasteiger partial charge in [-0.05, 0) is 6.92 Å². The second-order valence-corrected chi connectivity index (χ2v) is 5.05. The van der Waals surface area contributed by atoms with Crippen molar-refractivity contribution in [2.75, 3.05) is 7.11 Å². The lowest BCUT2D eigenvalue weighted by atomic mass is 10.1. The molecule has 0 aliphatic rings. The van der Waals surface area contributed by atoms with Crippen LogP contribution in [0.15, 0.2) is 30.3 Å². The van der Waals surface area contributed by atoms with Crippen LogP contribution in [-0.2, 0) is 4.74 Å². The van der Waals surface area contributed by atoms with E-state index in [9.17, 15) is 4.79 Å². The number of Topliss-reactive ketones (excluding diaryl/α,β-unsaturated/α-hetero) is 1. The van der Waals surface area contributed by atoms with Gasteiger partial charge in [-0.3, -0.25) is 4.79 Å². The summed E-state index contributed by atoms with van der Waals surface area (Å²) in [6.45, 7) is 1.98. The maximum absolute atomic E-state index is 11.8. The van der Waals surface area contributed by atoms with Gasteiger partial charge in [0.05, 0.1) is 6.10 Å². The van der Waals surface area contributed by atoms with Gasteiger partial charge in [0.25, 0.3) is 0 Å². The van der Waals surface area contributed by atoms with E-state index in [4.69, 9.17) is 4.74 Å². The summed E-state index contributed by atoms with van der Waals surface area (Å²) in [7, 11) is 1.67. The highest BCUT2D eigenvalue weighted by Gasteiger charge is 2.17. The van der Waals surface area contributed by atoms with Crippen LogP contribution in [0, 0.1) is 0 Å². The fourth-order valence-corrected chi connectivity index (χ4v) is 1.93. The maximum Gasteiger partial charge on any atom is 0.164 e. The van der Waals surface area contributed by atoms with E-state index in [-0.39, 0.29) is 15.8 Å². The quantitative estimate of drug-likeness (QED) is 0.474. The zero-order valence-corrected chi connectivity index (χ0v) is 11.1. The van der Waals surface area contributed by atoms with Crippen molar-refractivity contribution in [1.82, 2.24) is 0 Å². The number of carbonyl (C=O) groups excluding carboxylic acids is 1. The predicted molar refractivity (Wildman–Crippen MR) is 69.7 cm³/mol. The van der Waals surface area contributed by atoms with Crippen molar-refractivity contribution in [2.24, 2.45) is 0 Å². The standard InChI is InChI=1S/C12H15IO2/c1-9(15-2)11(13)8-12(14)10-6-4-3-5-7-10/h3-7,9,11H,8H2,1-2H3. The molecule has 0 radical (unpaired) electrons. The smallest absolute Gasteiger partial charge is 0.164 e. The molecule has 0 saturated carbocycles. The highest BCUT2D eigenvalue weighted by molar-refractivity contribution is 14.1. The number of halogens is 1. The Kier molecular flexibility index (Phi) is 5.25. The number of alkyl halides is 1. The van der Waals surface area contributed by atoms with E-state index >= 15 is 0 Å². The van der Waals surface area contributed by atoms with E-state index in [0.29, 0.717) is 6.42 Å². The van der Waals surface area contributed by atoms with Gasteiger partial charge in [0.15, 0.2) is 5.78 Å². The SMILES string of the molecule is COC(C)C(I)CC(=O)c1ccccc1. The van der Waals surface area contributed by atoms with Crippen molar-refractivity contribution >= 4 is 28.4 Å². The van der Waals surface area contributed by atoms with E-state index in [0.717, 1.165) is 5.56 Å². The summed E-state index contributed by atoms with van der Waals surface area (Å²) in [6, 6.07) is 9.38. The van der Waals surface area contributed by atoms with Crippen LogP contribution in [0.4, 0.5) is 0 Å². The van der Waals surface area contributed by atoms with Gasteiger partial charge >= 0.3 is 0 Å². The number of methoxy groups -OCH3 is 1. The van der Waals surface area contributed by atoms with Gasteiger partial charge in [-0.2, -0.15) is 0 Å². The molecule has 0 fully saturated rings. The van der Waals surface area contributed by atoms with Gasteiger partial charge in [-0.1, -0.05) is 52.9 Å². The van der Waals surface area contributed by atoms with Gasteiger partial charge in [0.1, 0.15) is 0 Å². The van der Waals surface area contributed by atoms with Gasteiger partial charge in [-0.15, -0.1) is 0 Å². The third-order valence-electron chi connectivity index (χ3n) is 2.36. The number of ether oxygens (including phenoxy) is 1. The normalized spacial score (nSPS) is 14.6. The molecule has 2 atom stereocenters. The monoisotopic (exact) mass is 318 g/mol. The molecule has 2 unspecified atom stereocenters. The van der Waals surface area contributed by atoms with Crippen molar-refractivity contribution in [2.45, 2.75) is 23.4 Å². The van der Waals surface area contributed by atoms with Crippen LogP contribution in [0.25, 0.3) is 0 Å². The molecule has 0 heterocycles. The Morgan fingerprint density at radius 1 is 1.40 bits per heavy atom. The molecule has 82 valence electrons. The first kappa shape index (κ1) is 12.6. The molecule has 15 heavy (non-hydrogen) atoms. The average Bonchev–Trinajstić information content (AvgIpc) is 2.29. The summed E-state index contributed by atoms with van der Waals surface area (Å²) < 4.78 is 5.41. The third kappa shape index (κ3) is 3.91. The van der Waals surface area contributed by atoms with E-state index in [1.165, 1.54) is 0 Å². The molecule has 0 aliphatic carbocycles. The Morgan fingerprint density at radius 3 is 2.53 bits per heavy atom. The largest absolute Gasteiger partial charge is 0.381 e. The highest BCUT2D eigenvalue weighted by atomic mass is 127. The zero-order chi connectivity index (χ0) is 11.3. The highest BCUT2D eigenvalue weighted by Crippen LogP contribution is 2.16. The maximum atomic E-state index is 11.8. The fraction of sp³-hybridized carbons (Fsp3) is 0.417. The van der Waals surface area contributed by atoms with Crippen LogP contribution in [0.2, 0.25) is 0 Å². The van der Waals surface area contributed by atoms with Crippen molar-refractivity contribution in [1.29, 1.82) is 0 Å². The fourth-order valence-electron chi connectivity index (χ4n) is 1.23. The Balaban J connectivity index is 2.57. The van der Waals surface area contributed by atoms with Crippen LogP contribution in [-0.4, -0.2) is 22.9 Å². The molecule has 0 N–H and O–H groups in total. The number of rotatable bonds is 5. The lowest BCUT2D eigenvalue weighted by Crippen LogP contribution is -2.22. The van der Waals surface area contributed by atoms with Crippen molar-refractivity contribution < 1.29 is 9.53 Å². The molecule has 0 aromatic heterocycles. The van der Waals surface area contributed by atoms with Crippen LogP contribution in [0.3, 0.4) is 0 Å². The lowest BCUT2D eigenvalue weighted by molar-refractivity contribution is 0.0910. The van der Waals surface area contributed by atoms with Gasteiger partial charge in [0.2, 0.25) is 0 Å². The van der Waals surface area contributed by atoms with Crippen LogP contribution < -0.4 is 0 Å². The number of benzene rings is 1. The topological polar surface area (TPSA) is 26.3 Å². The predicted octanol–water partition coefficient (Wildman–Crippen LogP) is 3.10. The second kappa shape index (κ2) is 6.23. The Morgan fingerprint density at radius 2 is 2.00 bits per heavy atom. The Hall–Kier alpha value is -0.420. The number of carbonyl (C=O) groups is 1. The molecular weight excluding hydrogens is 303 g/mol. The molecule has 0 saturated heterocycles. The first-order valence-electron chi connectivity index (χ1n) is 4.90. The summed E-state index contributed by atoms with van der Waals surface area (Å²) in [5.41, 5.74) is 0.780. The summed E-state index contributed by atoms with van der Waals surface area (Å²) in [4.78, 5) is 11.8. The van der Waals surface area contributed by atoms with Crippen molar-refractivity contribution in [3.8, 4) is 0 Å². The van der Waals surface area contributed by atoms with Gasteiger partial charge in [0, 0.05) is 23.0 Å². The zero-order valence-electron chi connectivity index (χ0n) is 8.94. The first-order chi connectivity index (χ1) is 7.15. The molecule has 2 nitrogen and oxygen atoms in total. The average molecular weight is 318 g/mol. The molecule has 0 amide bonds. The molecule has 0 bridgehead atoms. The minimum atomic E-state index is 0.110. The summed E-state index contributed by atoms with van der Waals surface area (Å²) in [5.74, 6) is 0.180. The van der Waals surface area contributed by atoms with E-state index < -0.39 is 0 Å². The summed E-state index contributed by atoms with van der Waals surface area (Å²) in [5, 5.41) is 0. The molecule has 1 rings (SSSR count). The minimum absolute atomic E-state index is 0.110. The second-order valence-electron chi connectivity index (χ2n) is 3.45. The molecule has 0 aliphatic heterocycles. The minimum Gasteiger partial charge on any atom is -0.381 e. The molecule has 3 heteroatoms. The van der Waals surface area contributed by atoms with Gasteiger partial charge < -0.3 is 4.74 Å². The van der Waals surface area contributed by atoms with Gasteiger partial charge in [-0.25, -0.2) is 0 Å². The van der Waals surface area contributed by atoms with E-state index in [1.54, 1.807) is 7.11 Å². The first-order valence-corrected chi connectivity index (χ1v) is 6.15. The third-order valence-corrected chi connectivity index (χ3v) is 3.81. The van der Waals surface area contributed by atoms with Crippen LogP contribution in [0.5, 0.6) is 0 Å². The molecule has 1 aromatic rings. The molecule has 0 spiro atoms. The van der Waals surface area contributed by atoms with Crippen LogP contribution in [0.1, 0.15) is 23.7 Å². The van der Waals surface area contributed by atoms with Crippen LogP contribution >= 0.6 is 22.6 Å². The van der Waals surface area contributed by atoms with E-state index in [1.807, 2.05) is 37.3 Å². The van der Waals surface area contributed by atoms with E-state index in [2.05, 4.69) is 22.6 Å². The van der Waals surface area contributed by atoms with Crippen molar-refractivity contribution in [3.63, 3.8) is 0 Å². The summed E-state index contributed by atoms with van der Waals surface area (Å²) >= 11 is 2.26. The Labute approximate surface area is 104 Å². The number of hydrogen-bond donors (Lipinski definition) is 0. The van der Waals surface area contributed by atoms with Crippen molar-refractivity contribution in [3.05, 3.63) is 35.9 Å². The Bertz CT molecular complexity index is 311. The molecular formula is C12H15IO2.